The third-order valence-corrected chi connectivity index (χ3v) is 5.80. The maximum atomic E-state index is 13.2. The third kappa shape index (κ3) is 4.34. The summed E-state index contributed by atoms with van der Waals surface area (Å²) in [7, 11) is 0. The van der Waals surface area contributed by atoms with E-state index in [4.69, 9.17) is 21.8 Å². The minimum atomic E-state index is -0.0705. The van der Waals surface area contributed by atoms with E-state index < -0.39 is 0 Å². The summed E-state index contributed by atoms with van der Waals surface area (Å²) in [5.41, 5.74) is 3.21. The smallest absolute Gasteiger partial charge is 0.262 e. The highest BCUT2D eigenvalue weighted by atomic mass is 35.5. The highest BCUT2D eigenvalue weighted by Gasteiger charge is 2.12. The maximum absolute atomic E-state index is 13.2. The van der Waals surface area contributed by atoms with Crippen LogP contribution in [0.2, 0.25) is 5.02 Å². The molecular formula is C23H16ClN3OS. The van der Waals surface area contributed by atoms with Crippen molar-refractivity contribution in [3.63, 3.8) is 0 Å². The molecule has 0 spiro atoms. The number of thioether (sulfide) groups is 1. The van der Waals surface area contributed by atoms with Crippen LogP contribution in [-0.2, 0) is 12.3 Å². The fourth-order valence-corrected chi connectivity index (χ4v) is 4.12. The van der Waals surface area contributed by atoms with E-state index in [0.29, 0.717) is 38.9 Å². The van der Waals surface area contributed by atoms with E-state index in [0.717, 1.165) is 11.1 Å². The second kappa shape index (κ2) is 8.52. The van der Waals surface area contributed by atoms with Gasteiger partial charge in [-0.1, -0.05) is 59.8 Å². The maximum Gasteiger partial charge on any atom is 0.262 e. The molecule has 0 bridgehead atoms. The lowest BCUT2D eigenvalue weighted by molar-refractivity contribution is 0.658. The first kappa shape index (κ1) is 19.3. The number of nitriles is 1. The quantitative estimate of drug-likeness (QED) is 0.328. The molecule has 6 heteroatoms. The number of hydrogen-bond acceptors (Lipinski definition) is 4. The molecular weight excluding hydrogens is 402 g/mol. The molecule has 0 saturated carbocycles. The van der Waals surface area contributed by atoms with Crippen molar-refractivity contribution >= 4 is 34.3 Å². The van der Waals surface area contributed by atoms with E-state index in [1.54, 1.807) is 16.7 Å². The molecule has 4 nitrogen and oxygen atoms in total. The summed E-state index contributed by atoms with van der Waals surface area (Å²) in [4.78, 5) is 17.9. The fraction of sp³-hybridized carbons (Fsp3) is 0.0870. The summed E-state index contributed by atoms with van der Waals surface area (Å²) >= 11 is 7.48. The molecule has 0 aliphatic heterocycles. The van der Waals surface area contributed by atoms with Gasteiger partial charge in [-0.2, -0.15) is 5.26 Å². The Balaban J connectivity index is 1.73. The molecule has 1 aromatic heterocycles. The zero-order valence-electron chi connectivity index (χ0n) is 15.4. The van der Waals surface area contributed by atoms with Gasteiger partial charge in [-0.3, -0.25) is 9.36 Å². The van der Waals surface area contributed by atoms with Crippen molar-refractivity contribution < 1.29 is 0 Å². The second-order valence-corrected chi connectivity index (χ2v) is 7.91. The highest BCUT2D eigenvalue weighted by Crippen LogP contribution is 2.23. The van der Waals surface area contributed by atoms with Crippen LogP contribution < -0.4 is 5.56 Å². The first-order valence-corrected chi connectivity index (χ1v) is 10.4. The van der Waals surface area contributed by atoms with Crippen LogP contribution in [0.4, 0.5) is 0 Å². The van der Waals surface area contributed by atoms with Gasteiger partial charge >= 0.3 is 0 Å². The Morgan fingerprint density at radius 1 is 1.00 bits per heavy atom. The molecule has 0 aliphatic carbocycles. The molecule has 0 N–H and O–H groups in total. The van der Waals surface area contributed by atoms with E-state index >= 15 is 0 Å². The first-order chi connectivity index (χ1) is 14.1. The molecule has 0 saturated heterocycles. The van der Waals surface area contributed by atoms with Crippen LogP contribution in [0.3, 0.4) is 0 Å². The van der Waals surface area contributed by atoms with Gasteiger partial charge in [0.1, 0.15) is 0 Å². The average Bonchev–Trinajstić information content (AvgIpc) is 2.76. The van der Waals surface area contributed by atoms with Gasteiger partial charge in [-0.05, 0) is 47.5 Å². The monoisotopic (exact) mass is 417 g/mol. The van der Waals surface area contributed by atoms with Crippen LogP contribution in [0.25, 0.3) is 10.9 Å². The Kier molecular flexibility index (Phi) is 5.66. The zero-order chi connectivity index (χ0) is 20.2. The number of nitrogens with zero attached hydrogens (tertiary/aromatic N) is 3. The predicted molar refractivity (Wildman–Crippen MR) is 117 cm³/mol. The Morgan fingerprint density at radius 2 is 1.79 bits per heavy atom. The number of hydrogen-bond donors (Lipinski definition) is 0. The number of aromatic nitrogens is 2. The second-order valence-electron chi connectivity index (χ2n) is 6.53. The Hall–Kier alpha value is -3.07. The van der Waals surface area contributed by atoms with Crippen molar-refractivity contribution in [2.45, 2.75) is 17.5 Å². The van der Waals surface area contributed by atoms with Gasteiger partial charge < -0.3 is 0 Å². The molecule has 142 valence electrons. The molecule has 3 aromatic carbocycles. The van der Waals surface area contributed by atoms with E-state index in [9.17, 15) is 4.79 Å². The van der Waals surface area contributed by atoms with Crippen LogP contribution in [-0.4, -0.2) is 9.55 Å². The summed E-state index contributed by atoms with van der Waals surface area (Å²) in [5, 5.41) is 11.0. The van der Waals surface area contributed by atoms with Crippen molar-refractivity contribution in [2.24, 2.45) is 0 Å². The van der Waals surface area contributed by atoms with Gasteiger partial charge in [0, 0.05) is 10.8 Å². The van der Waals surface area contributed by atoms with Crippen molar-refractivity contribution in [3.05, 3.63) is 105 Å². The van der Waals surface area contributed by atoms with Crippen LogP contribution in [0.1, 0.15) is 16.7 Å². The predicted octanol–water partition coefficient (Wildman–Crippen LogP) is 5.26. The largest absolute Gasteiger partial charge is 0.283 e. The van der Waals surface area contributed by atoms with E-state index in [1.807, 2.05) is 60.7 Å². The van der Waals surface area contributed by atoms with Gasteiger partial charge in [-0.15, -0.1) is 0 Å². The molecule has 4 aromatic rings. The Morgan fingerprint density at radius 3 is 2.59 bits per heavy atom. The average molecular weight is 418 g/mol. The Labute approximate surface area is 177 Å². The summed E-state index contributed by atoms with van der Waals surface area (Å²) in [6.07, 6.45) is 0. The van der Waals surface area contributed by atoms with E-state index in [2.05, 4.69) is 6.07 Å². The Bertz CT molecular complexity index is 1280. The molecule has 0 fully saturated rings. The molecule has 0 atom stereocenters. The van der Waals surface area contributed by atoms with Gasteiger partial charge in [0.25, 0.3) is 5.56 Å². The third-order valence-electron chi connectivity index (χ3n) is 4.50. The van der Waals surface area contributed by atoms with Crippen molar-refractivity contribution in [1.82, 2.24) is 9.55 Å². The van der Waals surface area contributed by atoms with E-state index in [1.165, 1.54) is 11.8 Å². The van der Waals surface area contributed by atoms with Crippen molar-refractivity contribution in [3.8, 4) is 6.07 Å². The van der Waals surface area contributed by atoms with Crippen LogP contribution in [0, 0.1) is 11.3 Å². The lowest BCUT2D eigenvalue weighted by atomic mass is 10.2. The highest BCUT2D eigenvalue weighted by molar-refractivity contribution is 7.98. The van der Waals surface area contributed by atoms with Gasteiger partial charge in [0.15, 0.2) is 5.16 Å². The topological polar surface area (TPSA) is 58.7 Å². The summed E-state index contributed by atoms with van der Waals surface area (Å²) in [6, 6.07) is 24.5. The van der Waals surface area contributed by atoms with Crippen LogP contribution >= 0.6 is 23.4 Å². The number of benzene rings is 3. The van der Waals surface area contributed by atoms with Crippen LogP contribution in [0.5, 0.6) is 0 Å². The lowest BCUT2D eigenvalue weighted by Crippen LogP contribution is -2.24. The normalized spacial score (nSPS) is 10.8. The minimum Gasteiger partial charge on any atom is -0.283 e. The molecule has 0 unspecified atom stereocenters. The SMILES string of the molecule is N#Cc1cccc(CSc2nc3ccccc3c(=O)n2Cc2ccc(Cl)cc2)c1. The summed E-state index contributed by atoms with van der Waals surface area (Å²) in [5.74, 6) is 0.612. The number of para-hydroxylation sites is 1. The standard InChI is InChI=1S/C23H16ClN3OS/c24-19-10-8-16(9-11-19)14-27-22(28)20-6-1-2-7-21(20)26-23(27)29-15-18-5-3-4-17(12-18)13-25/h1-12H,14-15H2. The van der Waals surface area contributed by atoms with Crippen molar-refractivity contribution in [1.29, 1.82) is 5.26 Å². The molecule has 1 heterocycles. The van der Waals surface area contributed by atoms with Crippen LogP contribution in [0.15, 0.2) is 82.7 Å². The zero-order valence-corrected chi connectivity index (χ0v) is 17.0. The lowest BCUT2D eigenvalue weighted by Gasteiger charge is -2.13. The fourth-order valence-electron chi connectivity index (χ4n) is 3.05. The molecule has 29 heavy (non-hydrogen) atoms. The molecule has 4 rings (SSSR count). The van der Waals surface area contributed by atoms with Gasteiger partial charge in [-0.25, -0.2) is 4.98 Å². The summed E-state index contributed by atoms with van der Waals surface area (Å²) < 4.78 is 1.70. The molecule has 0 aliphatic rings. The van der Waals surface area contributed by atoms with Crippen molar-refractivity contribution in [2.75, 3.05) is 0 Å². The number of rotatable bonds is 5. The van der Waals surface area contributed by atoms with Gasteiger partial charge in [0.2, 0.25) is 0 Å². The summed E-state index contributed by atoms with van der Waals surface area (Å²) in [6.45, 7) is 0.411. The van der Waals surface area contributed by atoms with Gasteiger partial charge in [0.05, 0.1) is 29.1 Å². The minimum absolute atomic E-state index is 0.0705. The van der Waals surface area contributed by atoms with E-state index in [-0.39, 0.29) is 5.56 Å². The number of halogens is 1. The molecule has 0 radical (unpaired) electrons. The first-order valence-electron chi connectivity index (χ1n) is 9.00. The molecule has 0 amide bonds. The number of fused-ring (bicyclic) bond motifs is 1.